The summed E-state index contributed by atoms with van der Waals surface area (Å²) < 4.78 is 0. The minimum absolute atomic E-state index is 0. The number of allylic oxidation sites excluding steroid dienone is 2. The average Bonchev–Trinajstić information content (AvgIpc) is 1.72. The molecular formula is C4H6ClNO. The van der Waals surface area contributed by atoms with Crippen LogP contribution in [0.3, 0.4) is 0 Å². The van der Waals surface area contributed by atoms with Gasteiger partial charge in [0.25, 0.3) is 0 Å². The van der Waals surface area contributed by atoms with Gasteiger partial charge in [-0.05, 0) is 12.2 Å². The van der Waals surface area contributed by atoms with Crippen molar-refractivity contribution in [2.75, 3.05) is 0 Å². The summed E-state index contributed by atoms with van der Waals surface area (Å²) in [4.78, 5) is 4.55. The van der Waals surface area contributed by atoms with Crippen LogP contribution in [0.25, 0.3) is 0 Å². The Balaban J connectivity index is 0.000000360. The lowest BCUT2D eigenvalue weighted by Crippen LogP contribution is -2.01. The zero-order valence-electron chi connectivity index (χ0n) is 3.63. The zero-order valence-corrected chi connectivity index (χ0v) is 4.44. The van der Waals surface area contributed by atoms with Crippen LogP contribution in [0.4, 0.5) is 0 Å². The molecule has 1 rings (SSSR count). The fourth-order valence-electron chi connectivity index (χ4n) is 0.258. The van der Waals surface area contributed by atoms with Crippen LogP contribution in [0.5, 0.6) is 0 Å². The van der Waals surface area contributed by atoms with Crippen LogP contribution in [-0.2, 0) is 4.84 Å². The summed E-state index contributed by atoms with van der Waals surface area (Å²) in [5.41, 5.74) is 2.52. The molecule has 0 aromatic carbocycles. The van der Waals surface area contributed by atoms with Crippen LogP contribution < -0.4 is 5.48 Å². The largest absolute Gasteiger partial charge is 0.391 e. The van der Waals surface area contributed by atoms with Gasteiger partial charge >= 0.3 is 0 Å². The first-order chi connectivity index (χ1) is 3.00. The molecule has 0 atom stereocenters. The summed E-state index contributed by atoms with van der Waals surface area (Å²) in [5.74, 6) is 0. The number of hydrogen-bond donors (Lipinski definition) is 1. The van der Waals surface area contributed by atoms with Crippen LogP contribution in [0.2, 0.25) is 0 Å². The number of hydroxylamine groups is 1. The van der Waals surface area contributed by atoms with E-state index in [1.165, 1.54) is 0 Å². The molecule has 0 radical (unpaired) electrons. The van der Waals surface area contributed by atoms with Crippen molar-refractivity contribution in [3.63, 3.8) is 0 Å². The lowest BCUT2D eigenvalue weighted by atomic mass is 10.6. The smallest absolute Gasteiger partial charge is 0.119 e. The predicted molar refractivity (Wildman–Crippen MR) is 29.7 cm³/mol. The Kier molecular flexibility index (Phi) is 3.24. The third-order valence-corrected chi connectivity index (χ3v) is 0.490. The molecule has 0 unspecified atom stereocenters. The van der Waals surface area contributed by atoms with E-state index in [1.807, 2.05) is 6.08 Å². The van der Waals surface area contributed by atoms with Gasteiger partial charge in [0.1, 0.15) is 6.26 Å². The number of rotatable bonds is 0. The Morgan fingerprint density at radius 3 is 2.29 bits per heavy atom. The van der Waals surface area contributed by atoms with Crippen molar-refractivity contribution in [2.45, 2.75) is 0 Å². The minimum atomic E-state index is 0. The van der Waals surface area contributed by atoms with E-state index in [1.54, 1.807) is 18.5 Å². The predicted octanol–water partition coefficient (Wildman–Crippen LogP) is 0.970. The molecule has 0 aromatic heterocycles. The first-order valence-corrected chi connectivity index (χ1v) is 1.73. The molecule has 7 heavy (non-hydrogen) atoms. The zero-order chi connectivity index (χ0) is 4.24. The molecular weight excluding hydrogens is 114 g/mol. The van der Waals surface area contributed by atoms with Gasteiger partial charge in [-0.2, -0.15) is 0 Å². The Labute approximate surface area is 48.2 Å². The van der Waals surface area contributed by atoms with E-state index in [4.69, 9.17) is 0 Å². The molecule has 1 heterocycles. The molecule has 0 amide bonds. The maximum atomic E-state index is 4.55. The highest BCUT2D eigenvalue weighted by Gasteiger charge is 1.72. The van der Waals surface area contributed by atoms with E-state index in [0.717, 1.165) is 0 Å². The SMILES string of the molecule is C1=CNOC=C1.Cl. The third kappa shape index (κ3) is 2.11. The molecule has 0 fully saturated rings. The minimum Gasteiger partial charge on any atom is -0.391 e. The first-order valence-electron chi connectivity index (χ1n) is 1.73. The molecule has 0 saturated heterocycles. The highest BCUT2D eigenvalue weighted by atomic mass is 35.5. The topological polar surface area (TPSA) is 21.3 Å². The van der Waals surface area contributed by atoms with Crippen molar-refractivity contribution in [1.29, 1.82) is 0 Å². The second-order valence-corrected chi connectivity index (χ2v) is 0.923. The highest BCUT2D eigenvalue weighted by Crippen LogP contribution is 1.80. The molecule has 1 aliphatic rings. The van der Waals surface area contributed by atoms with E-state index in [0.29, 0.717) is 0 Å². The van der Waals surface area contributed by atoms with Crippen LogP contribution in [0.1, 0.15) is 0 Å². The van der Waals surface area contributed by atoms with Gasteiger partial charge in [0, 0.05) is 6.20 Å². The molecule has 1 aliphatic heterocycles. The summed E-state index contributed by atoms with van der Waals surface area (Å²) in [5, 5.41) is 0. The molecule has 3 heteroatoms. The molecule has 1 N–H and O–H groups in total. The molecule has 0 aliphatic carbocycles. The summed E-state index contributed by atoms with van der Waals surface area (Å²) >= 11 is 0. The molecule has 0 bridgehead atoms. The van der Waals surface area contributed by atoms with E-state index in [-0.39, 0.29) is 12.4 Å². The second kappa shape index (κ2) is 3.56. The van der Waals surface area contributed by atoms with E-state index >= 15 is 0 Å². The highest BCUT2D eigenvalue weighted by molar-refractivity contribution is 5.85. The van der Waals surface area contributed by atoms with E-state index < -0.39 is 0 Å². The summed E-state index contributed by atoms with van der Waals surface area (Å²) in [6.45, 7) is 0. The fourth-order valence-corrected chi connectivity index (χ4v) is 0.258. The van der Waals surface area contributed by atoms with Crippen molar-refractivity contribution in [1.82, 2.24) is 5.48 Å². The molecule has 0 aromatic rings. The fraction of sp³-hybridized carbons (Fsp3) is 0. The molecule has 2 nitrogen and oxygen atoms in total. The molecule has 0 saturated carbocycles. The maximum Gasteiger partial charge on any atom is 0.119 e. The monoisotopic (exact) mass is 119 g/mol. The van der Waals surface area contributed by atoms with Crippen molar-refractivity contribution in [3.8, 4) is 0 Å². The summed E-state index contributed by atoms with van der Waals surface area (Å²) in [6.07, 6.45) is 6.93. The quantitative estimate of drug-likeness (QED) is 0.513. The van der Waals surface area contributed by atoms with Gasteiger partial charge in [-0.15, -0.1) is 12.4 Å². The average molecular weight is 120 g/mol. The van der Waals surface area contributed by atoms with Crippen LogP contribution >= 0.6 is 12.4 Å². The number of hydrogen-bond acceptors (Lipinski definition) is 2. The van der Waals surface area contributed by atoms with Crippen LogP contribution in [0.15, 0.2) is 24.6 Å². The van der Waals surface area contributed by atoms with Crippen molar-refractivity contribution >= 4 is 12.4 Å². The van der Waals surface area contributed by atoms with Gasteiger partial charge in [-0.1, -0.05) is 0 Å². The Hall–Kier alpha value is -0.630. The van der Waals surface area contributed by atoms with Gasteiger partial charge in [0.15, 0.2) is 0 Å². The number of nitrogens with one attached hydrogen (secondary N) is 1. The van der Waals surface area contributed by atoms with Gasteiger partial charge in [0.2, 0.25) is 0 Å². The van der Waals surface area contributed by atoms with Gasteiger partial charge in [-0.3, -0.25) is 0 Å². The van der Waals surface area contributed by atoms with Gasteiger partial charge < -0.3 is 4.84 Å². The van der Waals surface area contributed by atoms with Crippen molar-refractivity contribution in [2.24, 2.45) is 0 Å². The normalized spacial score (nSPS) is 13.7. The first kappa shape index (κ1) is 6.37. The lowest BCUT2D eigenvalue weighted by molar-refractivity contribution is 0.172. The van der Waals surface area contributed by atoms with Gasteiger partial charge in [0.05, 0.1) is 0 Å². The van der Waals surface area contributed by atoms with Crippen LogP contribution in [-0.4, -0.2) is 0 Å². The Morgan fingerprint density at radius 2 is 2.14 bits per heavy atom. The van der Waals surface area contributed by atoms with Crippen molar-refractivity contribution < 1.29 is 4.84 Å². The molecule has 40 valence electrons. The third-order valence-electron chi connectivity index (χ3n) is 0.490. The van der Waals surface area contributed by atoms with E-state index in [9.17, 15) is 0 Å². The number of halogens is 1. The standard InChI is InChI=1S/C4H5NO.ClH/c1-2-4-6-5-3-1;/h1-5H;1H. The Morgan fingerprint density at radius 1 is 1.29 bits per heavy atom. The second-order valence-electron chi connectivity index (χ2n) is 0.923. The van der Waals surface area contributed by atoms with Crippen molar-refractivity contribution in [3.05, 3.63) is 24.6 Å². The summed E-state index contributed by atoms with van der Waals surface area (Å²) in [6, 6.07) is 0. The Bertz CT molecular complexity index is 77.7. The maximum absolute atomic E-state index is 4.55. The van der Waals surface area contributed by atoms with Gasteiger partial charge in [-0.25, -0.2) is 5.48 Å². The summed E-state index contributed by atoms with van der Waals surface area (Å²) in [7, 11) is 0. The molecule has 0 spiro atoms. The van der Waals surface area contributed by atoms with E-state index in [2.05, 4.69) is 10.3 Å². The van der Waals surface area contributed by atoms with Crippen LogP contribution in [0, 0.1) is 0 Å². The lowest BCUT2D eigenvalue weighted by Gasteiger charge is -1.97.